The summed E-state index contributed by atoms with van der Waals surface area (Å²) in [5.74, 6) is -2.61. The van der Waals surface area contributed by atoms with E-state index in [1.807, 2.05) is 4.98 Å². The summed E-state index contributed by atoms with van der Waals surface area (Å²) in [5.41, 5.74) is 3.84. The van der Waals surface area contributed by atoms with Crippen LogP contribution in [0.2, 0.25) is 0 Å². The lowest BCUT2D eigenvalue weighted by Crippen LogP contribution is -2.53. The highest BCUT2D eigenvalue weighted by Crippen LogP contribution is 2.34. The number of rotatable bonds is 7. The highest BCUT2D eigenvalue weighted by atomic mass is 16.7. The van der Waals surface area contributed by atoms with Crippen molar-refractivity contribution in [1.82, 2.24) is 9.55 Å². The van der Waals surface area contributed by atoms with E-state index < -0.39 is 78.0 Å². The van der Waals surface area contributed by atoms with Gasteiger partial charge in [0.2, 0.25) is 18.0 Å². The number of amides is 1. The quantitative estimate of drug-likeness (QED) is 0.238. The van der Waals surface area contributed by atoms with Gasteiger partial charge in [0.1, 0.15) is 30.5 Å². The van der Waals surface area contributed by atoms with E-state index in [0.717, 1.165) is 30.0 Å². The molecule has 0 bridgehead atoms. The molecule has 6 N–H and O–H groups in total. The van der Waals surface area contributed by atoms with Crippen molar-refractivity contribution in [3.8, 4) is 0 Å². The number of aromatic nitrogens is 2. The highest BCUT2D eigenvalue weighted by Gasteiger charge is 2.52. The van der Waals surface area contributed by atoms with E-state index in [0.29, 0.717) is 0 Å². The Morgan fingerprint density at radius 3 is 2.48 bits per heavy atom. The summed E-state index contributed by atoms with van der Waals surface area (Å²) in [5, 5.41) is 30.8. The molecule has 1 aromatic rings. The molecule has 15 nitrogen and oxygen atoms in total. The van der Waals surface area contributed by atoms with Crippen molar-refractivity contribution in [1.29, 1.82) is 0 Å². The molecule has 15 heteroatoms. The van der Waals surface area contributed by atoms with E-state index >= 15 is 0 Å². The van der Waals surface area contributed by atoms with Crippen LogP contribution >= 0.6 is 0 Å². The minimum Gasteiger partial charge on any atom is -0.463 e. The number of H-pyrrole nitrogens is 1. The van der Waals surface area contributed by atoms with Gasteiger partial charge in [-0.3, -0.25) is 19.1 Å². The monoisotopic (exact) mass is 473 g/mol. The second-order valence-corrected chi connectivity index (χ2v) is 7.15. The van der Waals surface area contributed by atoms with Gasteiger partial charge in [0, 0.05) is 19.4 Å². The molecule has 0 unspecified atom stereocenters. The van der Waals surface area contributed by atoms with Crippen molar-refractivity contribution in [3.63, 3.8) is 0 Å². The second-order valence-electron chi connectivity index (χ2n) is 7.15. The van der Waals surface area contributed by atoms with Gasteiger partial charge in [0.15, 0.2) is 12.3 Å². The molecule has 182 valence electrons. The lowest BCUT2D eigenvalue weighted by molar-refractivity contribution is -0.242. The lowest BCUT2D eigenvalue weighted by Gasteiger charge is -2.34. The van der Waals surface area contributed by atoms with Crippen LogP contribution in [-0.4, -0.2) is 93.9 Å². The maximum Gasteiger partial charge on any atom is 0.373 e. The van der Waals surface area contributed by atoms with Crippen LogP contribution in [0.3, 0.4) is 0 Å². The molecule has 0 saturated carbocycles. The first-order valence-corrected chi connectivity index (χ1v) is 9.54. The smallest absolute Gasteiger partial charge is 0.373 e. The predicted octanol–water partition coefficient (Wildman–Crippen LogP) is -4.18. The third-order valence-corrected chi connectivity index (χ3v) is 5.09. The highest BCUT2D eigenvalue weighted by molar-refractivity contribution is 5.86. The topological polar surface area (TPSA) is 222 Å². The van der Waals surface area contributed by atoms with E-state index in [1.165, 1.54) is 7.11 Å². The minimum absolute atomic E-state index is 0.489. The number of hydrogen-bond donors (Lipinski definition) is 5. The van der Waals surface area contributed by atoms with Crippen molar-refractivity contribution in [2.75, 3.05) is 14.2 Å². The second kappa shape index (κ2) is 9.82. The number of nitrogens with one attached hydrogen (secondary N) is 1. The molecular formula is C18H23N3O12. The summed E-state index contributed by atoms with van der Waals surface area (Å²) in [6, 6.07) is 1.02. The van der Waals surface area contributed by atoms with E-state index in [1.54, 1.807) is 0 Å². The molecule has 33 heavy (non-hydrogen) atoms. The molecular weight excluding hydrogens is 450 g/mol. The van der Waals surface area contributed by atoms with Crippen molar-refractivity contribution in [2.24, 2.45) is 5.73 Å². The third kappa shape index (κ3) is 4.82. The number of esters is 1. The largest absolute Gasteiger partial charge is 0.463 e. The maximum absolute atomic E-state index is 12.2. The summed E-state index contributed by atoms with van der Waals surface area (Å²) in [6.07, 6.45) is -10.6. The van der Waals surface area contributed by atoms with E-state index in [-0.39, 0.29) is 0 Å². The first-order valence-electron chi connectivity index (χ1n) is 9.54. The fraction of sp³-hybridized carbons (Fsp3) is 0.556. The van der Waals surface area contributed by atoms with Crippen LogP contribution < -0.4 is 17.0 Å². The van der Waals surface area contributed by atoms with Gasteiger partial charge in [-0.1, -0.05) is 0 Å². The Balaban J connectivity index is 1.88. The number of aliphatic hydroxyl groups is 3. The first kappa shape index (κ1) is 24.6. The zero-order chi connectivity index (χ0) is 24.4. The molecule has 0 spiro atoms. The van der Waals surface area contributed by atoms with Crippen LogP contribution in [-0.2, 0) is 33.3 Å². The zero-order valence-electron chi connectivity index (χ0n) is 17.4. The number of nitrogens with zero attached hydrogens (tertiary/aromatic N) is 1. The van der Waals surface area contributed by atoms with E-state index in [9.17, 15) is 34.5 Å². The number of carbonyl (C=O) groups excluding carboxylic acids is 2. The summed E-state index contributed by atoms with van der Waals surface area (Å²) >= 11 is 0. The number of ether oxygens (including phenoxy) is 5. The average Bonchev–Trinajstić information content (AvgIpc) is 3.09. The summed E-state index contributed by atoms with van der Waals surface area (Å²) in [6.45, 7) is 0. The Morgan fingerprint density at radius 1 is 1.21 bits per heavy atom. The lowest BCUT2D eigenvalue weighted by atomic mass is 10.0. The maximum atomic E-state index is 12.2. The Kier molecular flexibility index (Phi) is 7.31. The van der Waals surface area contributed by atoms with Crippen LogP contribution in [0.5, 0.6) is 0 Å². The minimum atomic E-state index is -1.77. The predicted molar refractivity (Wildman–Crippen MR) is 103 cm³/mol. The summed E-state index contributed by atoms with van der Waals surface area (Å²) in [4.78, 5) is 49.4. The molecule has 0 aromatic carbocycles. The molecule has 8 atom stereocenters. The summed E-state index contributed by atoms with van der Waals surface area (Å²) in [7, 11) is 2.25. The van der Waals surface area contributed by atoms with E-state index in [4.69, 9.17) is 24.7 Å². The van der Waals surface area contributed by atoms with Gasteiger partial charge in [0.25, 0.3) is 5.56 Å². The van der Waals surface area contributed by atoms with Crippen molar-refractivity contribution in [2.45, 2.75) is 49.1 Å². The number of aliphatic hydroxyl groups excluding tert-OH is 3. The Morgan fingerprint density at radius 2 is 1.91 bits per heavy atom. The van der Waals surface area contributed by atoms with Gasteiger partial charge in [-0.05, 0) is 6.08 Å². The van der Waals surface area contributed by atoms with Crippen LogP contribution in [0, 0.1) is 0 Å². The molecule has 3 heterocycles. The molecule has 1 amide bonds. The van der Waals surface area contributed by atoms with Crippen molar-refractivity contribution in [3.05, 3.63) is 44.9 Å². The number of aromatic amines is 1. The Hall–Kier alpha value is -3.08. The summed E-state index contributed by atoms with van der Waals surface area (Å²) < 4.78 is 26.8. The Bertz CT molecular complexity index is 1030. The number of primary amides is 1. The molecule has 3 rings (SSSR count). The molecule has 0 radical (unpaired) electrons. The van der Waals surface area contributed by atoms with Crippen LogP contribution in [0.25, 0.3) is 0 Å². The average molecular weight is 473 g/mol. The van der Waals surface area contributed by atoms with Gasteiger partial charge in [-0.15, -0.1) is 0 Å². The Labute approximate surface area is 184 Å². The molecule has 2 aliphatic rings. The van der Waals surface area contributed by atoms with Gasteiger partial charge >= 0.3 is 11.7 Å². The van der Waals surface area contributed by atoms with Crippen molar-refractivity contribution < 1.29 is 48.6 Å². The van der Waals surface area contributed by atoms with Gasteiger partial charge < -0.3 is 44.7 Å². The number of methoxy groups -OCH3 is 2. The fourth-order valence-electron chi connectivity index (χ4n) is 3.48. The number of carbonyl (C=O) groups is 2. The van der Waals surface area contributed by atoms with Gasteiger partial charge in [0.05, 0.1) is 7.11 Å². The fourth-order valence-corrected chi connectivity index (χ4v) is 3.48. The molecule has 1 fully saturated rings. The van der Waals surface area contributed by atoms with Crippen LogP contribution in [0.15, 0.2) is 33.7 Å². The van der Waals surface area contributed by atoms with Gasteiger partial charge in [-0.2, -0.15) is 0 Å². The zero-order valence-corrected chi connectivity index (χ0v) is 17.4. The molecule has 1 saturated heterocycles. The van der Waals surface area contributed by atoms with Crippen LogP contribution in [0.4, 0.5) is 0 Å². The SMILES string of the molecule is COC(=O)C1=C[C@@H](O)[C@H](O)[C@H](O[C@H](C(N)=O)[C@H]2O[C@@H](n3ccc(=O)[nH]c3=O)[C@H](O)[C@@H]2OC)O1. The van der Waals surface area contributed by atoms with Gasteiger partial charge in [-0.25, -0.2) is 9.59 Å². The van der Waals surface area contributed by atoms with E-state index in [2.05, 4.69) is 4.74 Å². The first-order chi connectivity index (χ1) is 15.6. The molecule has 2 aliphatic heterocycles. The normalized spacial score (nSPS) is 32.5. The molecule has 1 aromatic heterocycles. The standard InChI is InChI=1S/C18H23N3O12/c1-29-11-10(25)15(21-4-3-8(23)20-18(21)28)32-12(11)13(14(19)26)33-17-9(24)6(22)5-7(31-17)16(27)30-2/h3-6,9-13,15,17,22,24-25H,1-2H3,(H2,19,26)(H,20,23,28)/t6-,9+,10-,11+,12+,13+,15-,17+/m1/s1. The third-order valence-electron chi connectivity index (χ3n) is 5.09. The number of nitrogens with two attached hydrogens (primary N) is 1. The number of hydrogen-bond acceptors (Lipinski definition) is 12. The molecule has 0 aliphatic carbocycles. The van der Waals surface area contributed by atoms with Crippen molar-refractivity contribution >= 4 is 11.9 Å². The van der Waals surface area contributed by atoms with Crippen LogP contribution in [0.1, 0.15) is 6.23 Å².